The summed E-state index contributed by atoms with van der Waals surface area (Å²) in [5, 5.41) is 4.41. The molecule has 1 aromatic heterocycles. The Kier molecular flexibility index (Phi) is 2.08. The van der Waals surface area contributed by atoms with Crippen molar-refractivity contribution in [1.29, 1.82) is 0 Å². The van der Waals surface area contributed by atoms with Gasteiger partial charge in [-0.2, -0.15) is 11.3 Å². The summed E-state index contributed by atoms with van der Waals surface area (Å²) in [5.74, 6) is 0. The molecule has 0 saturated heterocycles. The molecule has 0 fully saturated rings. The van der Waals surface area contributed by atoms with Gasteiger partial charge in [0.15, 0.2) is 0 Å². The second-order valence-corrected chi connectivity index (χ2v) is 3.84. The fourth-order valence-electron chi connectivity index (χ4n) is 1.55. The number of hydrogen-bond donors (Lipinski definition) is 0. The SMILES string of the molecule is C1=C(Cc2ccsc2)CCC1. The van der Waals surface area contributed by atoms with E-state index >= 15 is 0 Å². The molecular formula is C10H12S. The van der Waals surface area contributed by atoms with Gasteiger partial charge in [-0.25, -0.2) is 0 Å². The zero-order chi connectivity index (χ0) is 7.52. The van der Waals surface area contributed by atoms with Crippen molar-refractivity contribution in [2.75, 3.05) is 0 Å². The van der Waals surface area contributed by atoms with Gasteiger partial charge in [0.2, 0.25) is 0 Å². The quantitative estimate of drug-likeness (QED) is 0.588. The van der Waals surface area contributed by atoms with Crippen molar-refractivity contribution >= 4 is 11.3 Å². The van der Waals surface area contributed by atoms with E-state index in [4.69, 9.17) is 0 Å². The summed E-state index contributed by atoms with van der Waals surface area (Å²) in [6, 6.07) is 2.23. The summed E-state index contributed by atoms with van der Waals surface area (Å²) in [6.45, 7) is 0. The summed E-state index contributed by atoms with van der Waals surface area (Å²) in [6.07, 6.45) is 7.61. The molecule has 0 saturated carbocycles. The Morgan fingerprint density at radius 2 is 2.45 bits per heavy atom. The molecule has 0 amide bonds. The second-order valence-electron chi connectivity index (χ2n) is 3.06. The highest BCUT2D eigenvalue weighted by Crippen LogP contribution is 2.22. The first-order valence-electron chi connectivity index (χ1n) is 4.14. The predicted octanol–water partition coefficient (Wildman–Crippen LogP) is 3.40. The highest BCUT2D eigenvalue weighted by Gasteiger charge is 2.04. The summed E-state index contributed by atoms with van der Waals surface area (Å²) < 4.78 is 0. The van der Waals surface area contributed by atoms with Crippen LogP contribution in [0.3, 0.4) is 0 Å². The van der Waals surface area contributed by atoms with Crippen LogP contribution in [0.2, 0.25) is 0 Å². The fourth-order valence-corrected chi connectivity index (χ4v) is 2.22. The largest absolute Gasteiger partial charge is 0.152 e. The summed E-state index contributed by atoms with van der Waals surface area (Å²) in [4.78, 5) is 0. The second kappa shape index (κ2) is 3.22. The number of hydrogen-bond acceptors (Lipinski definition) is 1. The number of allylic oxidation sites excluding steroid dienone is 2. The van der Waals surface area contributed by atoms with E-state index in [1.807, 2.05) is 0 Å². The molecule has 0 spiro atoms. The molecule has 1 aliphatic carbocycles. The molecule has 11 heavy (non-hydrogen) atoms. The molecule has 0 radical (unpaired) electrons. The van der Waals surface area contributed by atoms with Gasteiger partial charge in [0, 0.05) is 0 Å². The molecule has 1 heterocycles. The van der Waals surface area contributed by atoms with Gasteiger partial charge in [-0.15, -0.1) is 0 Å². The van der Waals surface area contributed by atoms with E-state index in [1.54, 1.807) is 16.9 Å². The average Bonchev–Trinajstić information content (AvgIpc) is 2.60. The van der Waals surface area contributed by atoms with Gasteiger partial charge in [-0.1, -0.05) is 11.6 Å². The highest BCUT2D eigenvalue weighted by atomic mass is 32.1. The van der Waals surface area contributed by atoms with Crippen molar-refractivity contribution in [2.45, 2.75) is 25.7 Å². The number of thiophene rings is 1. The Balaban J connectivity index is 2.00. The summed E-state index contributed by atoms with van der Waals surface area (Å²) >= 11 is 1.80. The highest BCUT2D eigenvalue weighted by molar-refractivity contribution is 7.07. The lowest BCUT2D eigenvalue weighted by molar-refractivity contribution is 0.888. The van der Waals surface area contributed by atoms with Gasteiger partial charge in [0.1, 0.15) is 0 Å². The minimum atomic E-state index is 1.20. The van der Waals surface area contributed by atoms with E-state index in [0.29, 0.717) is 0 Å². The smallest absolute Gasteiger partial charge is 0.00580 e. The van der Waals surface area contributed by atoms with E-state index in [0.717, 1.165) is 0 Å². The summed E-state index contributed by atoms with van der Waals surface area (Å²) in [5.41, 5.74) is 3.13. The minimum Gasteiger partial charge on any atom is -0.152 e. The van der Waals surface area contributed by atoms with Gasteiger partial charge >= 0.3 is 0 Å². The first-order valence-corrected chi connectivity index (χ1v) is 5.08. The molecule has 1 heteroatoms. The first-order chi connectivity index (χ1) is 5.45. The van der Waals surface area contributed by atoms with Crippen molar-refractivity contribution in [3.63, 3.8) is 0 Å². The third-order valence-electron chi connectivity index (χ3n) is 2.15. The molecular weight excluding hydrogens is 152 g/mol. The molecule has 0 atom stereocenters. The Morgan fingerprint density at radius 3 is 3.09 bits per heavy atom. The van der Waals surface area contributed by atoms with Gasteiger partial charge in [0.05, 0.1) is 0 Å². The topological polar surface area (TPSA) is 0 Å². The van der Waals surface area contributed by atoms with Gasteiger partial charge in [-0.05, 0) is 48.1 Å². The zero-order valence-corrected chi connectivity index (χ0v) is 7.36. The molecule has 0 bridgehead atoms. The normalized spacial score (nSPS) is 16.9. The van der Waals surface area contributed by atoms with Crippen LogP contribution in [0.1, 0.15) is 24.8 Å². The molecule has 2 rings (SSSR count). The van der Waals surface area contributed by atoms with E-state index in [9.17, 15) is 0 Å². The lowest BCUT2D eigenvalue weighted by atomic mass is 10.1. The van der Waals surface area contributed by atoms with Gasteiger partial charge in [0.25, 0.3) is 0 Å². The van der Waals surface area contributed by atoms with Crippen LogP contribution < -0.4 is 0 Å². The first kappa shape index (κ1) is 7.11. The van der Waals surface area contributed by atoms with Crippen LogP contribution in [0, 0.1) is 0 Å². The standard InChI is InChI=1S/C10H12S/c1-2-4-9(3-1)7-10-5-6-11-8-10/h3,5-6,8H,1-2,4,7H2. The predicted molar refractivity (Wildman–Crippen MR) is 50.0 cm³/mol. The molecule has 0 aromatic carbocycles. The molecule has 0 N–H and O–H groups in total. The van der Waals surface area contributed by atoms with Crippen molar-refractivity contribution in [3.05, 3.63) is 34.0 Å². The van der Waals surface area contributed by atoms with E-state index < -0.39 is 0 Å². The molecule has 0 nitrogen and oxygen atoms in total. The maximum Gasteiger partial charge on any atom is -0.00580 e. The lowest BCUT2D eigenvalue weighted by Crippen LogP contribution is -1.83. The molecule has 0 aliphatic heterocycles. The Labute approximate surface area is 71.6 Å². The van der Waals surface area contributed by atoms with E-state index in [1.165, 1.54) is 31.2 Å². The molecule has 1 aliphatic rings. The van der Waals surface area contributed by atoms with Crippen LogP contribution in [0.4, 0.5) is 0 Å². The van der Waals surface area contributed by atoms with Gasteiger partial charge < -0.3 is 0 Å². The van der Waals surface area contributed by atoms with Crippen LogP contribution >= 0.6 is 11.3 Å². The summed E-state index contributed by atoms with van der Waals surface area (Å²) in [7, 11) is 0. The molecule has 0 unspecified atom stereocenters. The Morgan fingerprint density at radius 1 is 1.45 bits per heavy atom. The van der Waals surface area contributed by atoms with Crippen molar-refractivity contribution in [3.8, 4) is 0 Å². The third kappa shape index (κ3) is 1.72. The lowest BCUT2D eigenvalue weighted by Gasteiger charge is -1.96. The van der Waals surface area contributed by atoms with E-state index in [-0.39, 0.29) is 0 Å². The van der Waals surface area contributed by atoms with Crippen molar-refractivity contribution in [2.24, 2.45) is 0 Å². The zero-order valence-electron chi connectivity index (χ0n) is 6.55. The van der Waals surface area contributed by atoms with E-state index in [2.05, 4.69) is 22.9 Å². The Bertz CT molecular complexity index is 244. The van der Waals surface area contributed by atoms with Crippen LogP contribution in [0.25, 0.3) is 0 Å². The van der Waals surface area contributed by atoms with Crippen LogP contribution in [0.5, 0.6) is 0 Å². The third-order valence-corrected chi connectivity index (χ3v) is 2.88. The molecule has 1 aromatic rings. The molecule has 58 valence electrons. The average molecular weight is 164 g/mol. The van der Waals surface area contributed by atoms with Crippen LogP contribution in [-0.4, -0.2) is 0 Å². The maximum absolute atomic E-state index is 2.40. The monoisotopic (exact) mass is 164 g/mol. The number of rotatable bonds is 2. The minimum absolute atomic E-state index is 1.20. The van der Waals surface area contributed by atoms with Crippen LogP contribution in [0.15, 0.2) is 28.5 Å². The maximum atomic E-state index is 2.40. The van der Waals surface area contributed by atoms with Crippen LogP contribution in [-0.2, 0) is 6.42 Å². The Hall–Kier alpha value is -0.560. The van der Waals surface area contributed by atoms with Crippen molar-refractivity contribution in [1.82, 2.24) is 0 Å². The van der Waals surface area contributed by atoms with Gasteiger partial charge in [-0.3, -0.25) is 0 Å². The van der Waals surface area contributed by atoms with Crippen molar-refractivity contribution < 1.29 is 0 Å². The fraction of sp³-hybridized carbons (Fsp3) is 0.400.